The molecular weight excluding hydrogens is 387 g/mol. The van der Waals surface area contributed by atoms with Crippen LogP contribution in [0.4, 0.5) is 4.39 Å². The van der Waals surface area contributed by atoms with Crippen LogP contribution >= 0.6 is 0 Å². The van der Waals surface area contributed by atoms with Crippen LogP contribution < -0.4 is 14.8 Å². The zero-order chi connectivity index (χ0) is 20.7. The van der Waals surface area contributed by atoms with Crippen molar-refractivity contribution in [3.63, 3.8) is 0 Å². The maximum Gasteiger partial charge on any atom is 0.247 e. The van der Waals surface area contributed by atoms with E-state index < -0.39 is 28.3 Å². The molecule has 0 heterocycles. The largest absolute Gasteiger partial charge is 0.497 e. The van der Waals surface area contributed by atoms with Gasteiger partial charge < -0.3 is 14.8 Å². The number of halogens is 1. The van der Waals surface area contributed by atoms with Crippen molar-refractivity contribution in [1.82, 2.24) is 9.62 Å². The van der Waals surface area contributed by atoms with Gasteiger partial charge in [0, 0.05) is 13.6 Å². The van der Waals surface area contributed by atoms with Crippen molar-refractivity contribution in [3.05, 3.63) is 53.8 Å². The molecule has 0 aromatic heterocycles. The molecular formula is C19H23FN2O5S. The van der Waals surface area contributed by atoms with E-state index in [1.807, 2.05) is 24.3 Å². The highest BCUT2D eigenvalue weighted by Gasteiger charge is 2.27. The van der Waals surface area contributed by atoms with Gasteiger partial charge in [0.05, 0.1) is 20.8 Å². The minimum Gasteiger partial charge on any atom is -0.497 e. The highest BCUT2D eigenvalue weighted by molar-refractivity contribution is 7.89. The van der Waals surface area contributed by atoms with Crippen molar-refractivity contribution in [3.8, 4) is 11.5 Å². The van der Waals surface area contributed by atoms with Crippen LogP contribution in [-0.2, 0) is 21.2 Å². The van der Waals surface area contributed by atoms with Gasteiger partial charge in [0.25, 0.3) is 0 Å². The van der Waals surface area contributed by atoms with E-state index in [0.29, 0.717) is 13.0 Å². The summed E-state index contributed by atoms with van der Waals surface area (Å²) in [7, 11) is 0.0345. The van der Waals surface area contributed by atoms with Gasteiger partial charge in [-0.15, -0.1) is 0 Å². The topological polar surface area (TPSA) is 84.9 Å². The molecule has 2 rings (SSSR count). The molecule has 0 aliphatic rings. The second-order valence-electron chi connectivity index (χ2n) is 6.00. The SMILES string of the molecule is COc1ccc(CCNC(=O)CN(C)S(=O)(=O)c2cc(F)ccc2OC)cc1. The van der Waals surface area contributed by atoms with Crippen LogP contribution in [0.15, 0.2) is 47.4 Å². The molecule has 0 fully saturated rings. The van der Waals surface area contributed by atoms with Gasteiger partial charge in [-0.3, -0.25) is 4.79 Å². The number of benzene rings is 2. The summed E-state index contributed by atoms with van der Waals surface area (Å²) in [5, 5.41) is 2.67. The fraction of sp³-hybridized carbons (Fsp3) is 0.316. The Morgan fingerprint density at radius 1 is 1.11 bits per heavy atom. The highest BCUT2D eigenvalue weighted by Crippen LogP contribution is 2.26. The van der Waals surface area contributed by atoms with Crippen molar-refractivity contribution in [1.29, 1.82) is 0 Å². The second-order valence-corrected chi connectivity index (χ2v) is 8.02. The average molecular weight is 410 g/mol. The molecule has 0 aliphatic carbocycles. The lowest BCUT2D eigenvalue weighted by molar-refractivity contribution is -0.121. The average Bonchev–Trinajstić information content (AvgIpc) is 2.68. The molecule has 152 valence electrons. The first-order valence-corrected chi connectivity index (χ1v) is 9.91. The lowest BCUT2D eigenvalue weighted by Gasteiger charge is -2.18. The van der Waals surface area contributed by atoms with Gasteiger partial charge in [-0.05, 0) is 42.3 Å². The number of carbonyl (C=O) groups is 1. The molecule has 0 radical (unpaired) electrons. The Kier molecular flexibility index (Phi) is 7.36. The molecule has 7 nitrogen and oxygen atoms in total. The zero-order valence-electron chi connectivity index (χ0n) is 15.9. The summed E-state index contributed by atoms with van der Waals surface area (Å²) in [6.45, 7) is -0.0487. The quantitative estimate of drug-likeness (QED) is 0.682. The maximum atomic E-state index is 13.5. The van der Waals surface area contributed by atoms with Gasteiger partial charge in [-0.25, -0.2) is 12.8 Å². The molecule has 0 aliphatic heterocycles. The number of amides is 1. The van der Waals surface area contributed by atoms with Crippen LogP contribution in [-0.4, -0.2) is 53.0 Å². The first kappa shape index (κ1) is 21.6. The number of hydrogen-bond donors (Lipinski definition) is 1. The molecule has 2 aromatic carbocycles. The van der Waals surface area contributed by atoms with Crippen LogP contribution in [0, 0.1) is 5.82 Å². The smallest absolute Gasteiger partial charge is 0.247 e. The van der Waals surface area contributed by atoms with Crippen LogP contribution in [0.1, 0.15) is 5.56 Å². The van der Waals surface area contributed by atoms with Crippen molar-refractivity contribution in [2.75, 3.05) is 34.4 Å². The van der Waals surface area contributed by atoms with E-state index >= 15 is 0 Å². The number of nitrogens with one attached hydrogen (secondary N) is 1. The van der Waals surface area contributed by atoms with E-state index in [1.54, 1.807) is 7.11 Å². The Hall–Kier alpha value is -2.65. The first-order chi connectivity index (χ1) is 13.3. The fourth-order valence-electron chi connectivity index (χ4n) is 2.50. The number of carbonyl (C=O) groups excluding carboxylic acids is 1. The Morgan fingerprint density at radius 2 is 1.79 bits per heavy atom. The Morgan fingerprint density at radius 3 is 2.39 bits per heavy atom. The minimum absolute atomic E-state index is 0.00756. The summed E-state index contributed by atoms with van der Waals surface area (Å²) >= 11 is 0. The van der Waals surface area contributed by atoms with Gasteiger partial charge in [0.2, 0.25) is 15.9 Å². The number of sulfonamides is 1. The van der Waals surface area contributed by atoms with Crippen LogP contribution in [0.2, 0.25) is 0 Å². The van der Waals surface area contributed by atoms with Crippen molar-refractivity contribution < 1.29 is 27.1 Å². The van der Waals surface area contributed by atoms with Gasteiger partial charge in [0.1, 0.15) is 22.2 Å². The summed E-state index contributed by atoms with van der Waals surface area (Å²) in [5.74, 6) is -0.424. The van der Waals surface area contributed by atoms with Crippen LogP contribution in [0.25, 0.3) is 0 Å². The standard InChI is InChI=1S/C19H23FN2O5S/c1-22(28(24,25)18-12-15(20)6-9-17(18)27-3)13-19(23)21-11-10-14-4-7-16(26-2)8-5-14/h4-9,12H,10-11,13H2,1-3H3,(H,21,23). The van der Waals surface area contributed by atoms with Crippen LogP contribution in [0.3, 0.4) is 0 Å². The predicted molar refractivity (Wildman–Crippen MR) is 102 cm³/mol. The van der Waals surface area contributed by atoms with E-state index in [-0.39, 0.29) is 10.6 Å². The predicted octanol–water partition coefficient (Wildman–Crippen LogP) is 1.82. The molecule has 0 unspecified atom stereocenters. The number of likely N-dealkylation sites (N-methyl/N-ethyl adjacent to an activating group) is 1. The molecule has 0 bridgehead atoms. The summed E-state index contributed by atoms with van der Waals surface area (Å²) in [6, 6.07) is 10.6. The van der Waals surface area contributed by atoms with E-state index in [2.05, 4.69) is 5.32 Å². The highest BCUT2D eigenvalue weighted by atomic mass is 32.2. The Bertz CT molecular complexity index is 916. The third-order valence-corrected chi connectivity index (χ3v) is 5.90. The molecule has 1 N–H and O–H groups in total. The van der Waals surface area contributed by atoms with Crippen molar-refractivity contribution in [2.45, 2.75) is 11.3 Å². The number of rotatable bonds is 9. The molecule has 0 spiro atoms. The second kappa shape index (κ2) is 9.52. The lowest BCUT2D eigenvalue weighted by atomic mass is 10.1. The van der Waals surface area contributed by atoms with Gasteiger partial charge in [0.15, 0.2) is 0 Å². The van der Waals surface area contributed by atoms with E-state index in [1.165, 1.54) is 20.2 Å². The molecule has 2 aromatic rings. The third kappa shape index (κ3) is 5.43. The Balaban J connectivity index is 1.94. The van der Waals surface area contributed by atoms with Gasteiger partial charge >= 0.3 is 0 Å². The fourth-order valence-corrected chi connectivity index (χ4v) is 3.79. The minimum atomic E-state index is -4.09. The summed E-state index contributed by atoms with van der Waals surface area (Å²) < 4.78 is 49.7. The van der Waals surface area contributed by atoms with E-state index in [4.69, 9.17) is 9.47 Å². The van der Waals surface area contributed by atoms with Crippen molar-refractivity contribution in [2.24, 2.45) is 0 Å². The molecule has 9 heteroatoms. The molecule has 0 atom stereocenters. The normalized spacial score (nSPS) is 11.3. The number of hydrogen-bond acceptors (Lipinski definition) is 5. The lowest BCUT2D eigenvalue weighted by Crippen LogP contribution is -2.39. The summed E-state index contributed by atoms with van der Waals surface area (Å²) in [5.41, 5.74) is 1.01. The summed E-state index contributed by atoms with van der Waals surface area (Å²) in [6.07, 6.45) is 0.587. The first-order valence-electron chi connectivity index (χ1n) is 8.47. The van der Waals surface area contributed by atoms with Crippen molar-refractivity contribution >= 4 is 15.9 Å². The van der Waals surface area contributed by atoms with Gasteiger partial charge in [-0.2, -0.15) is 4.31 Å². The third-order valence-electron chi connectivity index (χ3n) is 4.08. The van der Waals surface area contributed by atoms with E-state index in [0.717, 1.165) is 27.8 Å². The molecule has 1 amide bonds. The molecule has 0 saturated carbocycles. The van der Waals surface area contributed by atoms with E-state index in [9.17, 15) is 17.6 Å². The molecule has 28 heavy (non-hydrogen) atoms. The Labute approximate surface area is 164 Å². The number of ether oxygens (including phenoxy) is 2. The monoisotopic (exact) mass is 410 g/mol. The van der Waals surface area contributed by atoms with Crippen LogP contribution in [0.5, 0.6) is 11.5 Å². The maximum absolute atomic E-state index is 13.5. The molecule has 0 saturated heterocycles. The number of methoxy groups -OCH3 is 2. The number of nitrogens with zero attached hydrogens (tertiary/aromatic N) is 1. The zero-order valence-corrected chi connectivity index (χ0v) is 16.8. The van der Waals surface area contributed by atoms with Gasteiger partial charge in [-0.1, -0.05) is 12.1 Å². The summed E-state index contributed by atoms with van der Waals surface area (Å²) in [4.78, 5) is 11.8.